The molecule has 2 aromatic rings. The van der Waals surface area contributed by atoms with Gasteiger partial charge in [0, 0.05) is 13.1 Å². The van der Waals surface area contributed by atoms with Crippen molar-refractivity contribution in [1.82, 2.24) is 0 Å². The zero-order valence-electron chi connectivity index (χ0n) is 10.4. The molecule has 0 saturated carbocycles. The van der Waals surface area contributed by atoms with Crippen LogP contribution < -0.4 is 4.90 Å². The molecule has 0 N–H and O–H groups in total. The van der Waals surface area contributed by atoms with Crippen LogP contribution in [0.5, 0.6) is 0 Å². The van der Waals surface area contributed by atoms with Gasteiger partial charge in [0.25, 0.3) is 5.91 Å². The van der Waals surface area contributed by atoms with E-state index >= 15 is 0 Å². The van der Waals surface area contributed by atoms with Crippen LogP contribution in [0.4, 0.5) is 5.88 Å². The molecule has 0 aliphatic carbocycles. The van der Waals surface area contributed by atoms with Crippen molar-refractivity contribution in [2.24, 2.45) is 0 Å². The topological polar surface area (TPSA) is 50.5 Å². The predicted molar refractivity (Wildman–Crippen MR) is 72.6 cm³/mol. The summed E-state index contributed by atoms with van der Waals surface area (Å²) < 4.78 is 5.12. The van der Waals surface area contributed by atoms with Gasteiger partial charge in [-0.15, -0.1) is 0 Å². The molecule has 1 amide bonds. The zero-order valence-corrected chi connectivity index (χ0v) is 10.4. The minimum Gasteiger partial charge on any atom is -0.448 e. The van der Waals surface area contributed by atoms with E-state index in [1.165, 1.54) is 11.2 Å². The first-order chi connectivity index (χ1) is 9.22. The van der Waals surface area contributed by atoms with E-state index in [-0.39, 0.29) is 5.57 Å². The number of hydrogen-bond acceptors (Lipinski definition) is 3. The Balaban J connectivity index is 2.25. The van der Waals surface area contributed by atoms with Gasteiger partial charge < -0.3 is 4.42 Å². The number of carbonyl (C=O) groups excluding carboxylic acids is 2. The largest absolute Gasteiger partial charge is 0.448 e. The molecule has 1 aromatic heterocycles. The van der Waals surface area contributed by atoms with Gasteiger partial charge in [-0.1, -0.05) is 30.3 Å². The van der Waals surface area contributed by atoms with Crippen molar-refractivity contribution < 1.29 is 14.0 Å². The molecule has 0 radical (unpaired) electrons. The van der Waals surface area contributed by atoms with Crippen LogP contribution in [0.1, 0.15) is 5.56 Å². The van der Waals surface area contributed by atoms with Gasteiger partial charge in [0.05, 0.1) is 11.8 Å². The Morgan fingerprint density at radius 1 is 1.16 bits per heavy atom. The molecule has 0 atom stereocenters. The van der Waals surface area contributed by atoms with Gasteiger partial charge in [0.15, 0.2) is 6.29 Å². The Bertz CT molecular complexity index is 585. The molecule has 0 spiro atoms. The highest BCUT2D eigenvalue weighted by Crippen LogP contribution is 2.15. The lowest BCUT2D eigenvalue weighted by Crippen LogP contribution is -2.27. The highest BCUT2D eigenvalue weighted by molar-refractivity contribution is 6.20. The second kappa shape index (κ2) is 5.82. The summed E-state index contributed by atoms with van der Waals surface area (Å²) in [6.07, 6.45) is 3.57. The monoisotopic (exact) mass is 255 g/mol. The lowest BCUT2D eigenvalue weighted by Gasteiger charge is -2.13. The maximum Gasteiger partial charge on any atom is 0.263 e. The fraction of sp³-hybridized carbons (Fsp3) is 0.0667. The Hall–Kier alpha value is -2.62. The first-order valence-corrected chi connectivity index (χ1v) is 5.76. The van der Waals surface area contributed by atoms with Crippen molar-refractivity contribution in [1.29, 1.82) is 0 Å². The Morgan fingerprint density at radius 2 is 1.89 bits per heavy atom. The van der Waals surface area contributed by atoms with E-state index in [1.54, 1.807) is 25.3 Å². The highest BCUT2D eigenvalue weighted by atomic mass is 16.3. The third-order valence-electron chi connectivity index (χ3n) is 2.64. The number of rotatable bonds is 4. The maximum absolute atomic E-state index is 12.1. The van der Waals surface area contributed by atoms with Crippen LogP contribution in [0.25, 0.3) is 6.08 Å². The average Bonchev–Trinajstić information content (AvgIpc) is 2.98. The molecular formula is C15H13NO3. The lowest BCUT2D eigenvalue weighted by atomic mass is 10.1. The number of nitrogens with zero attached hydrogens (tertiary/aromatic N) is 1. The van der Waals surface area contributed by atoms with Crippen LogP contribution in [0.3, 0.4) is 0 Å². The van der Waals surface area contributed by atoms with Crippen LogP contribution in [0.2, 0.25) is 0 Å². The zero-order chi connectivity index (χ0) is 13.7. The number of hydrogen-bond donors (Lipinski definition) is 0. The summed E-state index contributed by atoms with van der Waals surface area (Å²) in [5, 5.41) is 0. The molecule has 0 aliphatic heterocycles. The Labute approximate surface area is 111 Å². The van der Waals surface area contributed by atoms with Gasteiger partial charge >= 0.3 is 0 Å². The van der Waals surface area contributed by atoms with E-state index in [0.717, 1.165) is 5.56 Å². The SMILES string of the molecule is CN(C(=O)C(C=O)=Cc1ccccc1)c1ccco1. The molecule has 19 heavy (non-hydrogen) atoms. The lowest BCUT2D eigenvalue weighted by molar-refractivity contribution is -0.117. The minimum atomic E-state index is -0.409. The third kappa shape index (κ3) is 2.98. The molecule has 0 fully saturated rings. The first kappa shape index (κ1) is 12.8. The maximum atomic E-state index is 12.1. The molecule has 96 valence electrons. The van der Waals surface area contributed by atoms with E-state index in [1.807, 2.05) is 30.3 Å². The Morgan fingerprint density at radius 3 is 2.47 bits per heavy atom. The summed E-state index contributed by atoms with van der Waals surface area (Å²) in [7, 11) is 1.56. The molecule has 1 aromatic carbocycles. The van der Waals surface area contributed by atoms with Crippen molar-refractivity contribution in [3.05, 3.63) is 59.9 Å². The first-order valence-electron chi connectivity index (χ1n) is 5.76. The highest BCUT2D eigenvalue weighted by Gasteiger charge is 2.17. The van der Waals surface area contributed by atoms with Gasteiger partial charge in [-0.2, -0.15) is 0 Å². The van der Waals surface area contributed by atoms with Crippen LogP contribution in [0, 0.1) is 0 Å². The molecule has 0 aliphatic rings. The summed E-state index contributed by atoms with van der Waals surface area (Å²) >= 11 is 0. The second-order valence-electron chi connectivity index (χ2n) is 3.94. The van der Waals surface area contributed by atoms with E-state index in [4.69, 9.17) is 4.42 Å². The summed E-state index contributed by atoms with van der Waals surface area (Å²) in [4.78, 5) is 24.5. The Kier molecular flexibility index (Phi) is 3.93. The summed E-state index contributed by atoms with van der Waals surface area (Å²) in [5.74, 6) is -0.0142. The van der Waals surface area contributed by atoms with Crippen LogP contribution in [0.15, 0.2) is 58.7 Å². The summed E-state index contributed by atoms with van der Waals surface area (Å²) in [5.41, 5.74) is 0.871. The van der Waals surface area contributed by atoms with Gasteiger partial charge in [-0.3, -0.25) is 14.5 Å². The van der Waals surface area contributed by atoms with Gasteiger partial charge in [0.2, 0.25) is 5.88 Å². The van der Waals surface area contributed by atoms with Crippen molar-refractivity contribution in [3.8, 4) is 0 Å². The smallest absolute Gasteiger partial charge is 0.263 e. The van der Waals surface area contributed by atoms with Gasteiger partial charge in [0.1, 0.15) is 0 Å². The van der Waals surface area contributed by atoms with Crippen molar-refractivity contribution in [2.45, 2.75) is 0 Å². The molecule has 0 bridgehead atoms. The van der Waals surface area contributed by atoms with Gasteiger partial charge in [-0.05, 0) is 17.7 Å². The molecular weight excluding hydrogens is 242 g/mol. The van der Waals surface area contributed by atoms with E-state index in [2.05, 4.69) is 0 Å². The number of likely N-dealkylation sites (N-methyl/N-ethyl adjacent to an activating group) is 1. The second-order valence-corrected chi connectivity index (χ2v) is 3.94. The number of furan rings is 1. The quantitative estimate of drug-likeness (QED) is 0.365. The number of aldehydes is 1. The molecule has 2 rings (SSSR count). The van der Waals surface area contributed by atoms with E-state index in [9.17, 15) is 9.59 Å². The third-order valence-corrected chi connectivity index (χ3v) is 2.64. The standard InChI is InChI=1S/C15H13NO3/c1-16(14-8-5-9-19-14)15(18)13(11-17)10-12-6-3-2-4-7-12/h2-11H,1H3. The summed E-state index contributed by atoms with van der Waals surface area (Å²) in [6.45, 7) is 0. The molecule has 0 saturated heterocycles. The fourth-order valence-corrected chi connectivity index (χ4v) is 1.63. The van der Waals surface area contributed by atoms with Crippen molar-refractivity contribution in [3.63, 3.8) is 0 Å². The minimum absolute atomic E-state index is 0.0742. The van der Waals surface area contributed by atoms with E-state index < -0.39 is 5.91 Å². The average molecular weight is 255 g/mol. The van der Waals surface area contributed by atoms with Crippen molar-refractivity contribution >= 4 is 24.2 Å². The number of benzene rings is 1. The normalized spacial score (nSPS) is 11.1. The van der Waals surface area contributed by atoms with Crippen molar-refractivity contribution in [2.75, 3.05) is 11.9 Å². The molecule has 1 heterocycles. The number of anilines is 1. The number of carbonyl (C=O) groups is 2. The predicted octanol–water partition coefficient (Wildman–Crippen LogP) is 2.52. The fourth-order valence-electron chi connectivity index (χ4n) is 1.63. The molecule has 4 heteroatoms. The number of amides is 1. The molecule has 0 unspecified atom stereocenters. The van der Waals surface area contributed by atoms with Crippen LogP contribution in [-0.2, 0) is 9.59 Å². The summed E-state index contributed by atoms with van der Waals surface area (Å²) in [6, 6.07) is 12.5. The van der Waals surface area contributed by atoms with Gasteiger partial charge in [-0.25, -0.2) is 0 Å². The van der Waals surface area contributed by atoms with Crippen LogP contribution >= 0.6 is 0 Å². The van der Waals surface area contributed by atoms with E-state index in [0.29, 0.717) is 12.2 Å². The van der Waals surface area contributed by atoms with Crippen LogP contribution in [-0.4, -0.2) is 19.2 Å². The molecule has 4 nitrogen and oxygen atoms in total.